The summed E-state index contributed by atoms with van der Waals surface area (Å²) in [6, 6.07) is 49.6. The number of rotatable bonds is 5. The molecule has 52 heavy (non-hydrogen) atoms. The monoisotopic (exact) mass is 689 g/mol. The molecule has 0 unspecified atom stereocenters. The lowest BCUT2D eigenvalue weighted by molar-refractivity contribution is 0.480. The number of hydrogen-bond donors (Lipinski definition) is 0. The van der Waals surface area contributed by atoms with Crippen molar-refractivity contribution >= 4 is 56.7 Å². The highest BCUT2D eigenvalue weighted by atomic mass is 28.3. The van der Waals surface area contributed by atoms with Gasteiger partial charge in [-0.15, -0.1) is 0 Å². The number of aromatic nitrogens is 5. The van der Waals surface area contributed by atoms with Crippen molar-refractivity contribution in [2.45, 2.75) is 26.2 Å². The Morgan fingerprint density at radius 1 is 0.635 bits per heavy atom. The molecule has 0 amide bonds. The second kappa shape index (κ2) is 11.3. The molecule has 0 fully saturated rings. The number of benzene rings is 5. The fraction of sp³-hybridized carbons (Fsp3) is 0.0889. The Hall–Kier alpha value is -6.31. The second-order valence-electron chi connectivity index (χ2n) is 14.6. The largest absolute Gasteiger partial charge is 0.456 e. The summed E-state index contributed by atoms with van der Waals surface area (Å²) in [6.45, 7) is 6.93. The van der Waals surface area contributed by atoms with Gasteiger partial charge in [0.1, 0.15) is 11.5 Å². The van der Waals surface area contributed by atoms with Crippen LogP contribution in [0.1, 0.15) is 26.3 Å². The average molecular weight is 690 g/mol. The van der Waals surface area contributed by atoms with Gasteiger partial charge in [0.05, 0.1) is 45.8 Å². The molecule has 0 aliphatic carbocycles. The molecule has 4 aromatic heterocycles. The second-order valence-corrected chi connectivity index (χ2v) is 18.3. The highest BCUT2D eigenvalue weighted by Gasteiger charge is 2.51. The maximum Gasteiger partial charge on any atom is 0.220 e. The van der Waals surface area contributed by atoms with Crippen molar-refractivity contribution in [2.24, 2.45) is 0 Å². The normalized spacial score (nSPS) is 13.4. The average Bonchev–Trinajstić information content (AvgIpc) is 3.81. The molecule has 9 aromatic rings. The van der Waals surface area contributed by atoms with E-state index < -0.39 is 8.07 Å². The van der Waals surface area contributed by atoms with Crippen LogP contribution in [0.15, 0.2) is 158 Å². The summed E-state index contributed by atoms with van der Waals surface area (Å²) in [5.41, 5.74) is 8.46. The van der Waals surface area contributed by atoms with Crippen molar-refractivity contribution in [3.63, 3.8) is 0 Å². The van der Waals surface area contributed by atoms with E-state index in [9.17, 15) is 0 Å². The van der Waals surface area contributed by atoms with Crippen LogP contribution in [0.4, 0.5) is 0 Å². The third kappa shape index (κ3) is 4.39. The summed E-state index contributed by atoms with van der Waals surface area (Å²) in [5, 5.41) is 5.39. The summed E-state index contributed by atoms with van der Waals surface area (Å²) in [6.07, 6.45) is 5.62. The van der Waals surface area contributed by atoms with Crippen LogP contribution in [-0.4, -0.2) is 32.0 Å². The first-order valence-electron chi connectivity index (χ1n) is 17.7. The SMILES string of the molecule is CC(C)(C)c1ccnc2c1[Si](c1ccccc1)(c1ccccc1)c1ccc(Oc3cncc(-n4c5ccccc5n5c6ccccc6nc45)c3)cc1-2. The molecule has 0 saturated carbocycles. The van der Waals surface area contributed by atoms with Crippen LogP contribution in [0.3, 0.4) is 0 Å². The third-order valence-electron chi connectivity index (χ3n) is 10.5. The molecule has 7 heteroatoms. The number of fused-ring (bicyclic) bond motifs is 8. The Bertz CT molecular complexity index is 2780. The van der Waals surface area contributed by atoms with Gasteiger partial charge in [-0.2, -0.15) is 0 Å². The molecule has 0 atom stereocenters. The van der Waals surface area contributed by atoms with Gasteiger partial charge in [0.25, 0.3) is 0 Å². The zero-order valence-corrected chi connectivity index (χ0v) is 30.2. The lowest BCUT2D eigenvalue weighted by Gasteiger charge is -2.35. The highest BCUT2D eigenvalue weighted by molar-refractivity contribution is 7.22. The Morgan fingerprint density at radius 2 is 1.31 bits per heavy atom. The molecule has 5 aromatic carbocycles. The van der Waals surface area contributed by atoms with Crippen molar-refractivity contribution in [2.75, 3.05) is 0 Å². The smallest absolute Gasteiger partial charge is 0.220 e. The first kappa shape index (κ1) is 30.5. The Kier molecular flexibility index (Phi) is 6.66. The molecule has 0 N–H and O–H groups in total. The van der Waals surface area contributed by atoms with Crippen LogP contribution >= 0.6 is 0 Å². The molecule has 0 saturated heterocycles. The summed E-state index contributed by atoms with van der Waals surface area (Å²) in [4.78, 5) is 14.9. The number of imidazole rings is 2. The van der Waals surface area contributed by atoms with Crippen molar-refractivity contribution in [1.29, 1.82) is 0 Å². The minimum absolute atomic E-state index is 0.0862. The molecule has 0 bridgehead atoms. The van der Waals surface area contributed by atoms with Gasteiger partial charge in [0.2, 0.25) is 5.78 Å². The van der Waals surface area contributed by atoms with E-state index in [0.29, 0.717) is 5.75 Å². The van der Waals surface area contributed by atoms with Crippen molar-refractivity contribution < 1.29 is 4.74 Å². The number of nitrogens with zero attached hydrogens (tertiary/aromatic N) is 5. The van der Waals surface area contributed by atoms with Gasteiger partial charge >= 0.3 is 0 Å². The molecule has 1 aliphatic rings. The van der Waals surface area contributed by atoms with Gasteiger partial charge in [-0.3, -0.25) is 18.9 Å². The topological polar surface area (TPSA) is 57.2 Å². The number of ether oxygens (including phenoxy) is 1. The van der Waals surface area contributed by atoms with E-state index in [1.807, 2.05) is 24.5 Å². The summed E-state index contributed by atoms with van der Waals surface area (Å²) in [7, 11) is -2.75. The number of para-hydroxylation sites is 4. The maximum atomic E-state index is 6.70. The molecule has 10 rings (SSSR count). The predicted octanol–water partition coefficient (Wildman–Crippen LogP) is 7.67. The van der Waals surface area contributed by atoms with Crippen LogP contribution in [0.2, 0.25) is 0 Å². The Morgan fingerprint density at radius 3 is 2.04 bits per heavy atom. The lowest BCUT2D eigenvalue weighted by Crippen LogP contribution is -2.73. The van der Waals surface area contributed by atoms with E-state index in [1.54, 1.807) is 6.20 Å². The van der Waals surface area contributed by atoms with Crippen LogP contribution in [-0.2, 0) is 5.41 Å². The van der Waals surface area contributed by atoms with E-state index in [1.165, 1.54) is 26.3 Å². The molecular formula is C45H35N5OSi. The van der Waals surface area contributed by atoms with Crippen LogP contribution < -0.4 is 25.5 Å². The Labute approximate surface area is 302 Å². The predicted molar refractivity (Wildman–Crippen MR) is 213 cm³/mol. The van der Waals surface area contributed by atoms with Crippen molar-refractivity contribution in [3.05, 3.63) is 164 Å². The van der Waals surface area contributed by atoms with E-state index >= 15 is 0 Å². The standard InChI is InChI=1S/C45H35N5OSi/c1-45(2,3)36-24-25-47-42-35-27-31(22-23-41(35)52(43(36)42,33-14-6-4-7-15-33)34-16-8-5-9-17-34)51-32-26-30(28-46-29-32)49-39-20-12-13-21-40(39)50-38-19-11-10-18-37(38)48-44(49)50/h4-29H,1-3H3. The minimum Gasteiger partial charge on any atom is -0.456 e. The molecular weight excluding hydrogens is 655 g/mol. The summed E-state index contributed by atoms with van der Waals surface area (Å²) < 4.78 is 11.1. The molecule has 6 nitrogen and oxygen atoms in total. The van der Waals surface area contributed by atoms with E-state index in [0.717, 1.165) is 50.5 Å². The first-order valence-corrected chi connectivity index (χ1v) is 19.7. The van der Waals surface area contributed by atoms with Gasteiger partial charge in [0.15, 0.2) is 8.07 Å². The molecule has 0 radical (unpaired) electrons. The fourth-order valence-electron chi connectivity index (χ4n) is 8.38. The van der Waals surface area contributed by atoms with E-state index in [2.05, 4.69) is 162 Å². The fourth-order valence-corrected chi connectivity index (χ4v) is 13.9. The molecule has 250 valence electrons. The lowest BCUT2D eigenvalue weighted by atomic mass is 9.87. The van der Waals surface area contributed by atoms with Gasteiger partial charge in [-0.05, 0) is 74.2 Å². The van der Waals surface area contributed by atoms with E-state index in [-0.39, 0.29) is 5.41 Å². The van der Waals surface area contributed by atoms with E-state index in [4.69, 9.17) is 14.7 Å². The zero-order valence-electron chi connectivity index (χ0n) is 29.2. The van der Waals surface area contributed by atoms with Crippen LogP contribution in [0.5, 0.6) is 11.5 Å². The van der Waals surface area contributed by atoms with Crippen molar-refractivity contribution in [3.8, 4) is 28.4 Å². The zero-order chi connectivity index (χ0) is 35.0. The summed E-state index contributed by atoms with van der Waals surface area (Å²) >= 11 is 0. The van der Waals surface area contributed by atoms with Gasteiger partial charge in [0, 0.05) is 17.8 Å². The van der Waals surface area contributed by atoms with Crippen LogP contribution in [0, 0.1) is 0 Å². The Balaban J connectivity index is 1.14. The molecule has 5 heterocycles. The first-order chi connectivity index (χ1) is 25.4. The summed E-state index contributed by atoms with van der Waals surface area (Å²) in [5.74, 6) is 2.22. The minimum atomic E-state index is -2.75. The third-order valence-corrected chi connectivity index (χ3v) is 15.4. The van der Waals surface area contributed by atoms with Gasteiger partial charge in [-0.25, -0.2) is 4.98 Å². The number of pyridine rings is 2. The highest BCUT2D eigenvalue weighted by Crippen LogP contribution is 2.36. The molecule has 0 spiro atoms. The van der Waals surface area contributed by atoms with Crippen LogP contribution in [0.25, 0.3) is 44.8 Å². The van der Waals surface area contributed by atoms with Gasteiger partial charge in [-0.1, -0.05) is 112 Å². The number of hydrogen-bond acceptors (Lipinski definition) is 4. The molecule has 1 aliphatic heterocycles. The van der Waals surface area contributed by atoms with Crippen molar-refractivity contribution in [1.82, 2.24) is 23.9 Å². The quantitative estimate of drug-likeness (QED) is 0.174. The van der Waals surface area contributed by atoms with Gasteiger partial charge < -0.3 is 4.74 Å². The maximum absolute atomic E-state index is 6.70.